The van der Waals surface area contributed by atoms with E-state index in [2.05, 4.69) is 46.5 Å². The second-order valence-corrected chi connectivity index (χ2v) is 7.08. The highest BCUT2D eigenvalue weighted by atomic mass is 16.5. The van der Waals surface area contributed by atoms with Crippen molar-refractivity contribution in [1.29, 1.82) is 0 Å². The van der Waals surface area contributed by atoms with Crippen molar-refractivity contribution in [3.8, 4) is 11.8 Å². The summed E-state index contributed by atoms with van der Waals surface area (Å²) in [5, 5.41) is 0. The van der Waals surface area contributed by atoms with E-state index in [0.29, 0.717) is 11.3 Å². The number of rotatable bonds is 4. The van der Waals surface area contributed by atoms with Crippen LogP contribution >= 0.6 is 0 Å². The molecule has 0 radical (unpaired) electrons. The van der Waals surface area contributed by atoms with Crippen LogP contribution in [0, 0.1) is 35.0 Å². The standard InChI is InChI=1S/C18H30O/c1-6-8-9-10-11-18(19-7-2)13-15-12-16(18)14(3)17(15,4)5/h14-16H,6-9,12-13H2,1-5H3. The largest absolute Gasteiger partial charge is 0.362 e. The van der Waals surface area contributed by atoms with Crippen LogP contribution in [0.5, 0.6) is 0 Å². The van der Waals surface area contributed by atoms with Crippen LogP contribution in [0.15, 0.2) is 0 Å². The zero-order chi connectivity index (χ0) is 14.1. The third kappa shape index (κ3) is 2.45. The topological polar surface area (TPSA) is 9.23 Å². The molecule has 2 saturated carbocycles. The van der Waals surface area contributed by atoms with Gasteiger partial charge in [-0.2, -0.15) is 0 Å². The molecule has 0 aliphatic heterocycles. The van der Waals surface area contributed by atoms with Crippen LogP contribution in [-0.2, 0) is 4.74 Å². The molecule has 0 saturated heterocycles. The maximum atomic E-state index is 6.19. The van der Waals surface area contributed by atoms with E-state index in [-0.39, 0.29) is 5.60 Å². The van der Waals surface area contributed by atoms with Gasteiger partial charge in [0.05, 0.1) is 0 Å². The van der Waals surface area contributed by atoms with Gasteiger partial charge >= 0.3 is 0 Å². The number of ether oxygens (including phenoxy) is 1. The quantitative estimate of drug-likeness (QED) is 0.529. The number of fused-ring (bicyclic) bond motifs is 2. The van der Waals surface area contributed by atoms with Gasteiger partial charge in [0.25, 0.3) is 0 Å². The third-order valence-corrected chi connectivity index (χ3v) is 5.87. The normalized spacial score (nSPS) is 39.1. The Morgan fingerprint density at radius 2 is 2.00 bits per heavy atom. The smallest absolute Gasteiger partial charge is 0.132 e. The molecule has 4 unspecified atom stereocenters. The van der Waals surface area contributed by atoms with Crippen LogP contribution in [0.3, 0.4) is 0 Å². The first-order chi connectivity index (χ1) is 8.98. The Morgan fingerprint density at radius 3 is 2.53 bits per heavy atom. The molecule has 2 fully saturated rings. The fraction of sp³-hybridized carbons (Fsp3) is 0.889. The molecule has 2 aliphatic carbocycles. The maximum absolute atomic E-state index is 6.19. The van der Waals surface area contributed by atoms with Gasteiger partial charge in [-0.15, -0.1) is 5.92 Å². The lowest BCUT2D eigenvalue weighted by atomic mass is 9.64. The van der Waals surface area contributed by atoms with E-state index in [1.54, 1.807) is 0 Å². The second-order valence-electron chi connectivity index (χ2n) is 7.08. The Kier molecular flexibility index (Phi) is 4.31. The predicted molar refractivity (Wildman–Crippen MR) is 80.8 cm³/mol. The molecule has 2 rings (SSSR count). The van der Waals surface area contributed by atoms with Gasteiger partial charge in [-0.1, -0.05) is 40.0 Å². The van der Waals surface area contributed by atoms with Crippen molar-refractivity contribution < 1.29 is 4.74 Å². The molecular weight excluding hydrogens is 232 g/mol. The monoisotopic (exact) mass is 262 g/mol. The van der Waals surface area contributed by atoms with Crippen molar-refractivity contribution in [3.05, 3.63) is 0 Å². The van der Waals surface area contributed by atoms with E-state index < -0.39 is 0 Å². The van der Waals surface area contributed by atoms with Gasteiger partial charge in [-0.3, -0.25) is 0 Å². The molecule has 2 aliphatic rings. The summed E-state index contributed by atoms with van der Waals surface area (Å²) in [7, 11) is 0. The first-order valence-corrected chi connectivity index (χ1v) is 8.12. The zero-order valence-electron chi connectivity index (χ0n) is 13.4. The molecule has 4 atom stereocenters. The van der Waals surface area contributed by atoms with Crippen LogP contribution in [0.2, 0.25) is 0 Å². The molecule has 0 heterocycles. The lowest BCUT2D eigenvalue weighted by Gasteiger charge is -2.44. The highest BCUT2D eigenvalue weighted by molar-refractivity contribution is 5.25. The summed E-state index contributed by atoms with van der Waals surface area (Å²) in [6.07, 6.45) is 5.94. The number of hydrogen-bond donors (Lipinski definition) is 0. The summed E-state index contributed by atoms with van der Waals surface area (Å²) < 4.78 is 6.19. The van der Waals surface area contributed by atoms with Gasteiger partial charge in [0.2, 0.25) is 0 Å². The fourth-order valence-electron chi connectivity index (χ4n) is 4.24. The minimum absolute atomic E-state index is 0.123. The molecule has 0 aromatic heterocycles. The summed E-state index contributed by atoms with van der Waals surface area (Å²) in [5.74, 6) is 9.12. The van der Waals surface area contributed by atoms with Crippen molar-refractivity contribution in [3.63, 3.8) is 0 Å². The molecule has 0 aromatic carbocycles. The Hall–Kier alpha value is -0.480. The Labute approximate surface area is 119 Å². The summed E-state index contributed by atoms with van der Waals surface area (Å²) in [5.41, 5.74) is 0.346. The van der Waals surface area contributed by atoms with Gasteiger partial charge < -0.3 is 4.74 Å². The molecule has 1 nitrogen and oxygen atoms in total. The van der Waals surface area contributed by atoms with Crippen molar-refractivity contribution in [2.75, 3.05) is 6.61 Å². The van der Waals surface area contributed by atoms with Crippen LogP contribution in [0.25, 0.3) is 0 Å². The molecule has 0 amide bonds. The fourth-order valence-corrected chi connectivity index (χ4v) is 4.24. The van der Waals surface area contributed by atoms with Crippen molar-refractivity contribution in [1.82, 2.24) is 0 Å². The molecule has 0 N–H and O–H groups in total. The van der Waals surface area contributed by atoms with E-state index in [1.807, 2.05) is 0 Å². The van der Waals surface area contributed by atoms with Gasteiger partial charge in [-0.25, -0.2) is 0 Å². The van der Waals surface area contributed by atoms with Crippen LogP contribution < -0.4 is 0 Å². The SMILES string of the molecule is CCCCC#CC1(OCC)CC2CC1C(C)C2(C)C. The van der Waals surface area contributed by atoms with Gasteiger partial charge in [0.15, 0.2) is 0 Å². The third-order valence-electron chi connectivity index (χ3n) is 5.87. The highest BCUT2D eigenvalue weighted by Crippen LogP contribution is 2.63. The van der Waals surface area contributed by atoms with E-state index in [0.717, 1.165) is 31.3 Å². The van der Waals surface area contributed by atoms with Crippen molar-refractivity contribution in [2.24, 2.45) is 23.2 Å². The minimum atomic E-state index is -0.123. The van der Waals surface area contributed by atoms with Crippen LogP contribution in [0.1, 0.15) is 66.7 Å². The van der Waals surface area contributed by atoms with Crippen molar-refractivity contribution >= 4 is 0 Å². The van der Waals surface area contributed by atoms with Crippen LogP contribution in [0.4, 0.5) is 0 Å². The Morgan fingerprint density at radius 1 is 1.26 bits per heavy atom. The predicted octanol–water partition coefficient (Wildman–Crippen LogP) is 4.66. The van der Waals surface area contributed by atoms with Gasteiger partial charge in [-0.05, 0) is 43.4 Å². The van der Waals surface area contributed by atoms with Crippen molar-refractivity contribution in [2.45, 2.75) is 72.3 Å². The second kappa shape index (κ2) is 5.49. The first-order valence-electron chi connectivity index (χ1n) is 8.12. The summed E-state index contributed by atoms with van der Waals surface area (Å²) >= 11 is 0. The van der Waals surface area contributed by atoms with Crippen LogP contribution in [-0.4, -0.2) is 12.2 Å². The van der Waals surface area contributed by atoms with E-state index in [1.165, 1.54) is 19.3 Å². The maximum Gasteiger partial charge on any atom is 0.132 e. The molecule has 1 heteroatoms. The lowest BCUT2D eigenvalue weighted by Crippen LogP contribution is -2.46. The Bertz CT molecular complexity index is 369. The Balaban J connectivity index is 2.17. The average molecular weight is 262 g/mol. The van der Waals surface area contributed by atoms with Gasteiger partial charge in [0.1, 0.15) is 5.60 Å². The van der Waals surface area contributed by atoms with Gasteiger partial charge in [0, 0.05) is 18.9 Å². The van der Waals surface area contributed by atoms with E-state index >= 15 is 0 Å². The van der Waals surface area contributed by atoms with E-state index in [9.17, 15) is 0 Å². The first kappa shape index (κ1) is 14.9. The van der Waals surface area contributed by atoms with E-state index in [4.69, 9.17) is 4.74 Å². The summed E-state index contributed by atoms with van der Waals surface area (Å²) in [6, 6.07) is 0. The minimum Gasteiger partial charge on any atom is -0.362 e. The number of hydrogen-bond acceptors (Lipinski definition) is 1. The summed E-state index contributed by atoms with van der Waals surface area (Å²) in [6.45, 7) is 12.4. The number of unbranched alkanes of at least 4 members (excludes halogenated alkanes) is 2. The highest BCUT2D eigenvalue weighted by Gasteiger charge is 2.62. The summed E-state index contributed by atoms with van der Waals surface area (Å²) in [4.78, 5) is 0. The molecular formula is C18H30O. The molecule has 108 valence electrons. The average Bonchev–Trinajstić information content (AvgIpc) is 2.83. The molecule has 2 bridgehead atoms. The molecule has 0 aromatic rings. The molecule has 19 heavy (non-hydrogen) atoms. The molecule has 0 spiro atoms. The lowest BCUT2D eigenvalue weighted by molar-refractivity contribution is -0.0749. The zero-order valence-corrected chi connectivity index (χ0v) is 13.4.